The predicted octanol–water partition coefficient (Wildman–Crippen LogP) is 0.407. The lowest BCUT2D eigenvalue weighted by Crippen LogP contribution is -2.47. The molecule has 0 aromatic carbocycles. The van der Waals surface area contributed by atoms with Crippen LogP contribution in [0.5, 0.6) is 0 Å². The molecule has 1 saturated heterocycles. The number of nitrogens with two attached hydrogens (primary N) is 1. The van der Waals surface area contributed by atoms with Gasteiger partial charge in [-0.25, -0.2) is 0 Å². The Balaban J connectivity index is 2.32. The summed E-state index contributed by atoms with van der Waals surface area (Å²) in [6, 6.07) is -0.224. The van der Waals surface area contributed by atoms with Gasteiger partial charge in [0.2, 0.25) is 5.91 Å². The minimum absolute atomic E-state index is 0.0470. The van der Waals surface area contributed by atoms with Crippen LogP contribution in [-0.2, 0) is 9.53 Å². The van der Waals surface area contributed by atoms with Crippen molar-refractivity contribution in [3.8, 4) is 0 Å². The molecule has 0 bridgehead atoms. The van der Waals surface area contributed by atoms with E-state index in [1.54, 1.807) is 0 Å². The maximum Gasteiger partial charge on any atom is 0.237 e. The van der Waals surface area contributed by atoms with Gasteiger partial charge in [0.1, 0.15) is 0 Å². The number of carbonyl (C=O) groups is 1. The highest BCUT2D eigenvalue weighted by Gasteiger charge is 2.26. The van der Waals surface area contributed by atoms with E-state index in [2.05, 4.69) is 5.32 Å². The van der Waals surface area contributed by atoms with Gasteiger partial charge in [-0.05, 0) is 19.8 Å². The topological polar surface area (TPSA) is 64.4 Å². The fraction of sp³-hybridized carbons (Fsp3) is 0.900. The van der Waals surface area contributed by atoms with Crippen molar-refractivity contribution >= 4 is 5.91 Å². The molecule has 82 valence electrons. The van der Waals surface area contributed by atoms with E-state index in [1.165, 1.54) is 0 Å². The molecule has 0 spiro atoms. The summed E-state index contributed by atoms with van der Waals surface area (Å²) < 4.78 is 5.35. The SMILES string of the molecule is CCC[C@@H](N)C(=O)NC1CCOC1C. The molecule has 3 atom stereocenters. The van der Waals surface area contributed by atoms with E-state index < -0.39 is 0 Å². The summed E-state index contributed by atoms with van der Waals surface area (Å²) in [5, 5.41) is 2.92. The Hall–Kier alpha value is -0.610. The third-order valence-electron chi connectivity index (χ3n) is 2.64. The monoisotopic (exact) mass is 200 g/mol. The highest BCUT2D eigenvalue weighted by atomic mass is 16.5. The van der Waals surface area contributed by atoms with Crippen molar-refractivity contribution in [3.05, 3.63) is 0 Å². The summed E-state index contributed by atoms with van der Waals surface area (Å²) in [5.41, 5.74) is 5.70. The first kappa shape index (κ1) is 11.5. The Bertz CT molecular complexity index is 197. The van der Waals surface area contributed by atoms with Crippen LogP contribution in [0.2, 0.25) is 0 Å². The molecular weight excluding hydrogens is 180 g/mol. The third kappa shape index (κ3) is 2.96. The molecule has 1 aliphatic heterocycles. The lowest BCUT2D eigenvalue weighted by Gasteiger charge is -2.18. The summed E-state index contributed by atoms with van der Waals surface area (Å²) in [4.78, 5) is 11.5. The number of amides is 1. The van der Waals surface area contributed by atoms with E-state index >= 15 is 0 Å². The number of carbonyl (C=O) groups excluding carboxylic acids is 1. The molecule has 1 fully saturated rings. The van der Waals surface area contributed by atoms with Crippen molar-refractivity contribution in [3.63, 3.8) is 0 Å². The van der Waals surface area contributed by atoms with Gasteiger partial charge in [-0.1, -0.05) is 13.3 Å². The Morgan fingerprint density at radius 2 is 2.43 bits per heavy atom. The molecule has 3 N–H and O–H groups in total. The number of rotatable bonds is 4. The van der Waals surface area contributed by atoms with E-state index in [0.717, 1.165) is 25.9 Å². The minimum atomic E-state index is -0.368. The fourth-order valence-electron chi connectivity index (χ4n) is 1.65. The second-order valence-electron chi connectivity index (χ2n) is 3.87. The van der Waals surface area contributed by atoms with Crippen LogP contribution in [0.1, 0.15) is 33.1 Å². The first-order valence-electron chi connectivity index (χ1n) is 5.32. The molecule has 1 rings (SSSR count). The maximum atomic E-state index is 11.5. The smallest absolute Gasteiger partial charge is 0.237 e. The van der Waals surface area contributed by atoms with Gasteiger partial charge in [-0.2, -0.15) is 0 Å². The van der Waals surface area contributed by atoms with E-state index in [0.29, 0.717) is 0 Å². The number of ether oxygens (including phenoxy) is 1. The molecule has 14 heavy (non-hydrogen) atoms. The van der Waals surface area contributed by atoms with Crippen LogP contribution in [0.3, 0.4) is 0 Å². The van der Waals surface area contributed by atoms with Crippen LogP contribution < -0.4 is 11.1 Å². The van der Waals surface area contributed by atoms with Crippen LogP contribution in [0.25, 0.3) is 0 Å². The molecule has 1 amide bonds. The molecule has 0 aliphatic carbocycles. The van der Waals surface area contributed by atoms with Crippen molar-refractivity contribution in [2.75, 3.05) is 6.61 Å². The summed E-state index contributed by atoms with van der Waals surface area (Å²) in [6.45, 7) is 4.73. The van der Waals surface area contributed by atoms with E-state index in [-0.39, 0.29) is 24.1 Å². The average Bonchev–Trinajstić information content (AvgIpc) is 2.52. The summed E-state index contributed by atoms with van der Waals surface area (Å²) in [6.07, 6.45) is 2.69. The third-order valence-corrected chi connectivity index (χ3v) is 2.64. The molecule has 0 aromatic rings. The first-order chi connectivity index (χ1) is 6.65. The van der Waals surface area contributed by atoms with Gasteiger partial charge in [-0.15, -0.1) is 0 Å². The fourth-order valence-corrected chi connectivity index (χ4v) is 1.65. The second kappa shape index (κ2) is 5.32. The van der Waals surface area contributed by atoms with E-state index in [9.17, 15) is 4.79 Å². The molecule has 4 nitrogen and oxygen atoms in total. The number of nitrogens with one attached hydrogen (secondary N) is 1. The first-order valence-corrected chi connectivity index (χ1v) is 5.32. The predicted molar refractivity (Wildman–Crippen MR) is 54.8 cm³/mol. The zero-order chi connectivity index (χ0) is 10.6. The Morgan fingerprint density at radius 3 is 2.93 bits per heavy atom. The van der Waals surface area contributed by atoms with Crippen LogP contribution in [-0.4, -0.2) is 30.7 Å². The van der Waals surface area contributed by atoms with Crippen molar-refractivity contribution in [2.24, 2.45) is 5.73 Å². The van der Waals surface area contributed by atoms with Crippen LogP contribution in [0.15, 0.2) is 0 Å². The van der Waals surface area contributed by atoms with E-state index in [1.807, 2.05) is 13.8 Å². The Kier molecular flexibility index (Phi) is 4.35. The van der Waals surface area contributed by atoms with Gasteiger partial charge in [0, 0.05) is 6.61 Å². The standard InChI is InChI=1S/C10H20N2O2/c1-3-4-8(11)10(13)12-9-5-6-14-7(9)2/h7-9H,3-6,11H2,1-2H3,(H,12,13)/t7?,8-,9?/m1/s1. The average molecular weight is 200 g/mol. The second-order valence-corrected chi connectivity index (χ2v) is 3.87. The molecule has 4 heteroatoms. The quantitative estimate of drug-likeness (QED) is 0.690. The molecular formula is C10H20N2O2. The van der Waals surface area contributed by atoms with Gasteiger partial charge in [-0.3, -0.25) is 4.79 Å². The highest BCUT2D eigenvalue weighted by Crippen LogP contribution is 2.12. The number of hydrogen-bond acceptors (Lipinski definition) is 3. The van der Waals surface area contributed by atoms with Crippen LogP contribution in [0.4, 0.5) is 0 Å². The largest absolute Gasteiger partial charge is 0.376 e. The lowest BCUT2D eigenvalue weighted by atomic mass is 10.1. The van der Waals surface area contributed by atoms with Crippen molar-refractivity contribution in [2.45, 2.75) is 51.3 Å². The van der Waals surface area contributed by atoms with Gasteiger partial charge in [0.05, 0.1) is 18.2 Å². The molecule has 2 unspecified atom stereocenters. The maximum absolute atomic E-state index is 11.5. The van der Waals surface area contributed by atoms with Gasteiger partial charge < -0.3 is 15.8 Å². The van der Waals surface area contributed by atoms with Crippen molar-refractivity contribution < 1.29 is 9.53 Å². The van der Waals surface area contributed by atoms with Crippen LogP contribution in [0, 0.1) is 0 Å². The number of hydrogen-bond donors (Lipinski definition) is 2. The molecule has 0 aromatic heterocycles. The minimum Gasteiger partial charge on any atom is -0.376 e. The van der Waals surface area contributed by atoms with E-state index in [4.69, 9.17) is 10.5 Å². The van der Waals surface area contributed by atoms with Crippen LogP contribution >= 0.6 is 0 Å². The van der Waals surface area contributed by atoms with Crippen molar-refractivity contribution in [1.29, 1.82) is 0 Å². The molecule has 1 heterocycles. The lowest BCUT2D eigenvalue weighted by molar-refractivity contribution is -0.123. The zero-order valence-electron chi connectivity index (χ0n) is 8.95. The van der Waals surface area contributed by atoms with Gasteiger partial charge in [0.25, 0.3) is 0 Å². The summed E-state index contributed by atoms with van der Waals surface area (Å²) in [5.74, 6) is -0.0470. The molecule has 1 aliphatic rings. The molecule has 0 radical (unpaired) electrons. The molecule has 0 saturated carbocycles. The normalized spacial score (nSPS) is 28.8. The highest BCUT2D eigenvalue weighted by molar-refractivity contribution is 5.81. The summed E-state index contributed by atoms with van der Waals surface area (Å²) >= 11 is 0. The van der Waals surface area contributed by atoms with Crippen molar-refractivity contribution in [1.82, 2.24) is 5.32 Å². The zero-order valence-corrected chi connectivity index (χ0v) is 8.95. The summed E-state index contributed by atoms with van der Waals surface area (Å²) in [7, 11) is 0. The van der Waals surface area contributed by atoms with Gasteiger partial charge >= 0.3 is 0 Å². The Labute approximate surface area is 85.2 Å². The Morgan fingerprint density at radius 1 is 1.71 bits per heavy atom. The van der Waals surface area contributed by atoms with Gasteiger partial charge in [0.15, 0.2) is 0 Å².